The maximum absolute atomic E-state index is 10.9. The molecule has 0 unspecified atom stereocenters. The number of halogens is 1. The number of nitrogens with zero attached hydrogens (tertiary/aromatic N) is 4. The SMILES string of the molecule is O=[N+]([O-])c1ccc2nc(Cl)nc(N3CCCC3)c2c1. The van der Waals surface area contributed by atoms with E-state index in [1.54, 1.807) is 6.07 Å². The summed E-state index contributed by atoms with van der Waals surface area (Å²) < 4.78 is 0. The zero-order valence-electron chi connectivity index (χ0n) is 10.0. The Hall–Kier alpha value is -1.95. The molecule has 1 aliphatic heterocycles. The van der Waals surface area contributed by atoms with Gasteiger partial charge in [0, 0.05) is 30.6 Å². The number of hydrogen-bond donors (Lipinski definition) is 0. The van der Waals surface area contributed by atoms with Crippen LogP contribution in [-0.2, 0) is 0 Å². The van der Waals surface area contributed by atoms with E-state index in [0.717, 1.165) is 25.9 Å². The van der Waals surface area contributed by atoms with Crippen LogP contribution in [0.5, 0.6) is 0 Å². The van der Waals surface area contributed by atoms with Crippen molar-refractivity contribution in [1.29, 1.82) is 0 Å². The van der Waals surface area contributed by atoms with Crippen molar-refractivity contribution in [2.75, 3.05) is 18.0 Å². The van der Waals surface area contributed by atoms with E-state index in [1.165, 1.54) is 12.1 Å². The molecule has 1 aromatic heterocycles. The minimum atomic E-state index is -0.415. The van der Waals surface area contributed by atoms with Gasteiger partial charge in [0.1, 0.15) is 5.82 Å². The van der Waals surface area contributed by atoms with Crippen molar-refractivity contribution in [3.8, 4) is 0 Å². The van der Waals surface area contributed by atoms with Crippen molar-refractivity contribution in [1.82, 2.24) is 9.97 Å². The molecule has 3 rings (SSSR count). The highest BCUT2D eigenvalue weighted by molar-refractivity contribution is 6.28. The molecule has 1 fully saturated rings. The first-order chi connectivity index (χ1) is 9.15. The maximum Gasteiger partial charge on any atom is 0.270 e. The molecular formula is C12H11ClN4O2. The van der Waals surface area contributed by atoms with Crippen molar-refractivity contribution in [3.63, 3.8) is 0 Å². The summed E-state index contributed by atoms with van der Waals surface area (Å²) in [6, 6.07) is 4.55. The summed E-state index contributed by atoms with van der Waals surface area (Å²) in [5.74, 6) is 0.691. The molecule has 19 heavy (non-hydrogen) atoms. The maximum atomic E-state index is 10.9. The number of fused-ring (bicyclic) bond motifs is 1. The topological polar surface area (TPSA) is 72.2 Å². The first-order valence-corrected chi connectivity index (χ1v) is 6.39. The van der Waals surface area contributed by atoms with Gasteiger partial charge in [-0.25, -0.2) is 4.98 Å². The third-order valence-corrected chi connectivity index (χ3v) is 3.42. The van der Waals surface area contributed by atoms with Gasteiger partial charge in [-0.1, -0.05) is 0 Å². The number of nitro groups is 1. The summed E-state index contributed by atoms with van der Waals surface area (Å²) in [5, 5.41) is 11.7. The average molecular weight is 279 g/mol. The number of non-ortho nitro benzene ring substituents is 1. The molecule has 6 nitrogen and oxygen atoms in total. The molecule has 0 atom stereocenters. The third-order valence-electron chi connectivity index (χ3n) is 3.25. The van der Waals surface area contributed by atoms with Crippen LogP contribution >= 0.6 is 11.6 Å². The Morgan fingerprint density at radius 3 is 2.68 bits per heavy atom. The van der Waals surface area contributed by atoms with Gasteiger partial charge in [0.15, 0.2) is 0 Å². The quantitative estimate of drug-likeness (QED) is 0.480. The van der Waals surface area contributed by atoms with Crippen LogP contribution in [0.3, 0.4) is 0 Å². The molecule has 2 heterocycles. The summed E-state index contributed by atoms with van der Waals surface area (Å²) in [7, 11) is 0. The van der Waals surface area contributed by atoms with Gasteiger partial charge in [-0.2, -0.15) is 4.98 Å². The Bertz CT molecular complexity index is 655. The monoisotopic (exact) mass is 278 g/mol. The molecule has 0 N–H and O–H groups in total. The second-order valence-corrected chi connectivity index (χ2v) is 4.81. The normalized spacial score (nSPS) is 15.1. The van der Waals surface area contributed by atoms with Gasteiger partial charge in [0.25, 0.3) is 5.69 Å². The minimum Gasteiger partial charge on any atom is -0.356 e. The van der Waals surface area contributed by atoms with Crippen molar-refractivity contribution >= 4 is 34.0 Å². The highest BCUT2D eigenvalue weighted by atomic mass is 35.5. The Morgan fingerprint density at radius 1 is 1.26 bits per heavy atom. The first kappa shape index (κ1) is 12.1. The summed E-state index contributed by atoms with van der Waals surface area (Å²) in [6.07, 6.45) is 2.19. The van der Waals surface area contributed by atoms with E-state index in [0.29, 0.717) is 16.7 Å². The average Bonchev–Trinajstić information content (AvgIpc) is 2.90. The van der Waals surface area contributed by atoms with Gasteiger partial charge in [-0.05, 0) is 30.5 Å². The van der Waals surface area contributed by atoms with Crippen molar-refractivity contribution in [3.05, 3.63) is 33.6 Å². The summed E-state index contributed by atoms with van der Waals surface area (Å²) in [4.78, 5) is 20.9. The van der Waals surface area contributed by atoms with Crippen molar-refractivity contribution in [2.24, 2.45) is 0 Å². The number of aromatic nitrogens is 2. The van der Waals surface area contributed by atoms with E-state index in [4.69, 9.17) is 11.6 Å². The number of anilines is 1. The van der Waals surface area contributed by atoms with E-state index >= 15 is 0 Å². The molecule has 7 heteroatoms. The van der Waals surface area contributed by atoms with Crippen LogP contribution < -0.4 is 4.90 Å². The van der Waals surface area contributed by atoms with E-state index in [1.807, 2.05) is 0 Å². The highest BCUT2D eigenvalue weighted by Gasteiger charge is 2.19. The fourth-order valence-electron chi connectivity index (χ4n) is 2.36. The van der Waals surface area contributed by atoms with Gasteiger partial charge >= 0.3 is 0 Å². The Morgan fingerprint density at radius 2 is 2.00 bits per heavy atom. The molecule has 0 saturated carbocycles. The third kappa shape index (κ3) is 2.19. The molecule has 0 bridgehead atoms. The van der Waals surface area contributed by atoms with E-state index in [9.17, 15) is 10.1 Å². The number of benzene rings is 1. The molecule has 0 aliphatic carbocycles. The van der Waals surface area contributed by atoms with E-state index in [-0.39, 0.29) is 11.0 Å². The minimum absolute atomic E-state index is 0.0406. The van der Waals surface area contributed by atoms with Crippen LogP contribution in [-0.4, -0.2) is 28.0 Å². The highest BCUT2D eigenvalue weighted by Crippen LogP contribution is 2.30. The number of nitro benzene ring substituents is 1. The molecule has 2 aromatic rings. The number of rotatable bonds is 2. The van der Waals surface area contributed by atoms with Gasteiger partial charge in [0.2, 0.25) is 5.28 Å². The lowest BCUT2D eigenvalue weighted by atomic mass is 10.2. The van der Waals surface area contributed by atoms with Crippen molar-refractivity contribution in [2.45, 2.75) is 12.8 Å². The van der Waals surface area contributed by atoms with Crippen LogP contribution in [0, 0.1) is 10.1 Å². The Kier molecular flexibility index (Phi) is 2.94. The second kappa shape index (κ2) is 4.62. The predicted molar refractivity (Wildman–Crippen MR) is 72.6 cm³/mol. The van der Waals surface area contributed by atoms with Crippen LogP contribution in [0.4, 0.5) is 11.5 Å². The number of hydrogen-bond acceptors (Lipinski definition) is 5. The lowest BCUT2D eigenvalue weighted by molar-refractivity contribution is -0.384. The largest absolute Gasteiger partial charge is 0.356 e. The van der Waals surface area contributed by atoms with Gasteiger partial charge < -0.3 is 4.90 Å². The summed E-state index contributed by atoms with van der Waals surface area (Å²) in [6.45, 7) is 1.79. The lowest BCUT2D eigenvalue weighted by Gasteiger charge is -2.18. The predicted octanol–water partition coefficient (Wildman–Crippen LogP) is 2.79. The molecular weight excluding hydrogens is 268 g/mol. The molecule has 1 aromatic carbocycles. The van der Waals surface area contributed by atoms with Crippen LogP contribution in [0.25, 0.3) is 10.9 Å². The van der Waals surface area contributed by atoms with Gasteiger partial charge in [-0.3, -0.25) is 10.1 Å². The lowest BCUT2D eigenvalue weighted by Crippen LogP contribution is -2.19. The van der Waals surface area contributed by atoms with Gasteiger partial charge in [0.05, 0.1) is 10.4 Å². The van der Waals surface area contributed by atoms with Crippen LogP contribution in [0.2, 0.25) is 5.28 Å². The Balaban J connectivity index is 2.22. The molecule has 0 radical (unpaired) electrons. The molecule has 0 spiro atoms. The first-order valence-electron chi connectivity index (χ1n) is 6.02. The molecule has 0 amide bonds. The fraction of sp³-hybridized carbons (Fsp3) is 0.333. The molecule has 1 saturated heterocycles. The molecule has 98 valence electrons. The van der Waals surface area contributed by atoms with Gasteiger partial charge in [-0.15, -0.1) is 0 Å². The molecule has 1 aliphatic rings. The second-order valence-electron chi connectivity index (χ2n) is 4.47. The summed E-state index contributed by atoms with van der Waals surface area (Å²) >= 11 is 5.92. The van der Waals surface area contributed by atoms with E-state index < -0.39 is 4.92 Å². The van der Waals surface area contributed by atoms with Crippen molar-refractivity contribution < 1.29 is 4.92 Å². The smallest absolute Gasteiger partial charge is 0.270 e. The zero-order valence-corrected chi connectivity index (χ0v) is 10.8. The Labute approximate surface area is 114 Å². The standard InChI is InChI=1S/C12H11ClN4O2/c13-12-14-10-4-3-8(17(18)19)7-9(10)11(15-12)16-5-1-2-6-16/h3-4,7H,1-2,5-6H2. The zero-order chi connectivity index (χ0) is 13.4. The summed E-state index contributed by atoms with van der Waals surface area (Å²) in [5.41, 5.74) is 0.673. The van der Waals surface area contributed by atoms with Crippen LogP contribution in [0.15, 0.2) is 18.2 Å². The fourth-order valence-corrected chi connectivity index (χ4v) is 2.53. The van der Waals surface area contributed by atoms with E-state index in [2.05, 4.69) is 14.9 Å². The van der Waals surface area contributed by atoms with Crippen LogP contribution in [0.1, 0.15) is 12.8 Å².